The molecule has 0 aliphatic heterocycles. The summed E-state index contributed by atoms with van der Waals surface area (Å²) in [5.74, 6) is -1.08. The van der Waals surface area contributed by atoms with Crippen LogP contribution in [0.3, 0.4) is 0 Å². The number of aliphatic carboxylic acids is 1. The summed E-state index contributed by atoms with van der Waals surface area (Å²) < 4.78 is 8.66. The van der Waals surface area contributed by atoms with Crippen molar-refractivity contribution in [3.8, 4) is 0 Å². The van der Waals surface area contributed by atoms with Gasteiger partial charge < -0.3 is 39.4 Å². The maximum atomic E-state index is 8.89. The van der Waals surface area contributed by atoms with Gasteiger partial charge in [-0.15, -0.1) is 0 Å². The number of rotatable bonds is 0. The van der Waals surface area contributed by atoms with E-state index in [0.29, 0.717) is 0 Å². The molecular formula is C3H6KNa2O9P. The second-order valence-corrected chi connectivity index (χ2v) is 2.18. The fourth-order valence-electron chi connectivity index (χ4n) is 0. The van der Waals surface area contributed by atoms with Crippen LogP contribution in [0.2, 0.25) is 0 Å². The Labute approximate surface area is 178 Å². The Morgan fingerprint density at radius 2 is 1.12 bits per heavy atom. The van der Waals surface area contributed by atoms with Crippen molar-refractivity contribution in [2.24, 2.45) is 0 Å². The molecule has 0 radical (unpaired) electrons. The molecule has 0 rings (SSSR count). The minimum atomic E-state index is -5.14. The van der Waals surface area contributed by atoms with Gasteiger partial charge >= 0.3 is 117 Å². The first-order valence-electron chi connectivity index (χ1n) is 2.31. The second-order valence-electron chi connectivity index (χ2n) is 1.24. The quantitative estimate of drug-likeness (QED) is 0.289. The van der Waals surface area contributed by atoms with Gasteiger partial charge in [0, 0.05) is 5.97 Å². The Kier molecular flexibility index (Phi) is 51.3. The first-order valence-corrected chi connectivity index (χ1v) is 3.80. The molecule has 0 aliphatic rings. The topological polar surface area (TPSA) is 181 Å². The number of phosphoric acid groups is 1. The molecule has 3 N–H and O–H groups in total. The average Bonchev–Trinajstić information content (AvgIpc) is 1.50. The van der Waals surface area contributed by atoms with Crippen LogP contribution in [0.5, 0.6) is 0 Å². The minimum Gasteiger partial charge on any atom is -0.790 e. The summed E-state index contributed by atoms with van der Waals surface area (Å²) in [5, 5.41) is 22.8. The summed E-state index contributed by atoms with van der Waals surface area (Å²) >= 11 is 0. The molecule has 0 fully saturated rings. The largest absolute Gasteiger partial charge is 1.00 e. The Bertz CT molecular complexity index is 177. The number of carbonyl (C=O) groups is 2. The minimum absolute atomic E-state index is 0. The van der Waals surface area contributed by atoms with Gasteiger partial charge in [0.05, 0.1) is 7.82 Å². The summed E-state index contributed by atoms with van der Waals surface area (Å²) in [7, 11) is -5.14. The van der Waals surface area contributed by atoms with Crippen molar-refractivity contribution in [3.63, 3.8) is 0 Å². The maximum Gasteiger partial charge on any atom is 1.00 e. The zero-order chi connectivity index (χ0) is 11.7. The Balaban J connectivity index is -0.0000000216. The second kappa shape index (κ2) is 22.6. The van der Waals surface area contributed by atoms with Gasteiger partial charge in [0.25, 0.3) is 0 Å². The molecule has 13 heteroatoms. The average molecular weight is 302 g/mol. The van der Waals surface area contributed by atoms with Crippen LogP contribution in [0.25, 0.3) is 0 Å². The van der Waals surface area contributed by atoms with Crippen LogP contribution >= 0.6 is 7.82 Å². The molecule has 0 unspecified atom stereocenters. The van der Waals surface area contributed by atoms with Gasteiger partial charge in [-0.2, -0.15) is 0 Å². The third-order valence-corrected chi connectivity index (χ3v) is 0. The molecule has 0 heterocycles. The molecule has 0 atom stereocenters. The van der Waals surface area contributed by atoms with Crippen LogP contribution < -0.4 is 125 Å². The van der Waals surface area contributed by atoms with Crippen LogP contribution in [0.4, 0.5) is 4.79 Å². The number of carbonyl (C=O) groups excluding carboxylic acids is 1. The van der Waals surface area contributed by atoms with Crippen LogP contribution in [-0.4, -0.2) is 27.2 Å². The Morgan fingerprint density at radius 1 is 1.12 bits per heavy atom. The van der Waals surface area contributed by atoms with Crippen molar-refractivity contribution in [2.75, 3.05) is 0 Å². The van der Waals surface area contributed by atoms with Gasteiger partial charge in [-0.1, -0.05) is 0 Å². The van der Waals surface area contributed by atoms with Crippen molar-refractivity contribution in [1.82, 2.24) is 0 Å². The standard InChI is InChI=1S/C2H4O2.CH2O3.K.2Na.H3O4P/c1-2(3)4;2-1(3)4;;;;1-5(2,3)4/h1H3,(H,3,4);(H2,2,3,4);;;;(H3,1,2,3,4)/q;;3*+1;/p-3. The van der Waals surface area contributed by atoms with Gasteiger partial charge in [-0.25, -0.2) is 4.79 Å². The smallest absolute Gasteiger partial charge is 0.790 e. The third kappa shape index (κ3) is 640. The van der Waals surface area contributed by atoms with Gasteiger partial charge in [-0.3, -0.25) is 0 Å². The van der Waals surface area contributed by atoms with Gasteiger partial charge in [0.1, 0.15) is 0 Å². The third-order valence-electron chi connectivity index (χ3n) is 0. The Morgan fingerprint density at radius 3 is 1.12 bits per heavy atom. The van der Waals surface area contributed by atoms with Crippen LogP contribution in [-0.2, 0) is 9.36 Å². The first kappa shape index (κ1) is 36.3. The Hall–Kier alpha value is 2.49. The summed E-state index contributed by atoms with van der Waals surface area (Å²) in [6.45, 7) is 0.972. The predicted molar refractivity (Wildman–Crippen MR) is 31.2 cm³/mol. The normalized spacial score (nSPS) is 6.75. The van der Waals surface area contributed by atoms with E-state index in [2.05, 4.69) is 0 Å². The van der Waals surface area contributed by atoms with Crippen molar-refractivity contribution in [2.45, 2.75) is 6.92 Å². The summed E-state index contributed by atoms with van der Waals surface area (Å²) in [6, 6.07) is 0. The van der Waals surface area contributed by atoms with Crippen LogP contribution in [0, 0.1) is 0 Å². The number of hydrogen-bond acceptors (Lipinski definition) is 6. The van der Waals surface area contributed by atoms with E-state index in [0.717, 1.165) is 6.92 Å². The SMILES string of the molecule is CC(=O)[O-].O=C(O)O.O=P([O-])([O-])O.[K+].[Na+].[Na+]. The molecule has 80 valence electrons. The molecule has 0 spiro atoms. The molecule has 0 aromatic heterocycles. The zero-order valence-corrected chi connectivity index (χ0v) is 17.3. The van der Waals surface area contributed by atoms with Crippen LogP contribution in [0.15, 0.2) is 0 Å². The van der Waals surface area contributed by atoms with Gasteiger partial charge in [0.15, 0.2) is 0 Å². The van der Waals surface area contributed by atoms with E-state index in [-0.39, 0.29) is 110 Å². The molecule has 0 aromatic carbocycles. The first-order chi connectivity index (χ1) is 5.46. The molecule has 0 saturated carbocycles. The van der Waals surface area contributed by atoms with E-state index < -0.39 is 19.9 Å². The van der Waals surface area contributed by atoms with Gasteiger partial charge in [0.2, 0.25) is 0 Å². The van der Waals surface area contributed by atoms with E-state index in [1.807, 2.05) is 0 Å². The van der Waals surface area contributed by atoms with Crippen molar-refractivity contribution in [3.05, 3.63) is 0 Å². The molecule has 9 nitrogen and oxygen atoms in total. The fraction of sp³-hybridized carbons (Fsp3) is 0.333. The zero-order valence-electron chi connectivity index (χ0n) is 9.24. The predicted octanol–water partition coefficient (Wildman–Crippen LogP) is -12.2. The van der Waals surface area contributed by atoms with E-state index >= 15 is 0 Å². The number of carboxylic acids is 1. The van der Waals surface area contributed by atoms with Crippen molar-refractivity contribution < 1.29 is 155 Å². The summed E-state index contributed by atoms with van der Waals surface area (Å²) in [4.78, 5) is 41.7. The molecule has 0 bridgehead atoms. The van der Waals surface area contributed by atoms with Crippen LogP contribution in [0.1, 0.15) is 6.92 Å². The fourth-order valence-corrected chi connectivity index (χ4v) is 0. The summed E-state index contributed by atoms with van der Waals surface area (Å²) in [5.41, 5.74) is 0. The molecule has 0 saturated heterocycles. The maximum absolute atomic E-state index is 8.89. The monoisotopic (exact) mass is 302 g/mol. The molecule has 0 amide bonds. The van der Waals surface area contributed by atoms with E-state index in [1.165, 1.54) is 0 Å². The molecule has 0 aliphatic carbocycles. The molecule has 0 aromatic rings. The number of carboxylic acid groups (broad SMARTS) is 3. The number of hydrogen-bond donors (Lipinski definition) is 3. The van der Waals surface area contributed by atoms with Gasteiger partial charge in [-0.05, 0) is 6.92 Å². The molecular weight excluding hydrogens is 296 g/mol. The summed E-state index contributed by atoms with van der Waals surface area (Å²) in [6.07, 6.45) is -1.83. The van der Waals surface area contributed by atoms with Crippen molar-refractivity contribution >= 4 is 19.9 Å². The van der Waals surface area contributed by atoms with Crippen molar-refractivity contribution in [1.29, 1.82) is 0 Å². The van der Waals surface area contributed by atoms with E-state index in [1.54, 1.807) is 0 Å². The van der Waals surface area contributed by atoms with E-state index in [4.69, 9.17) is 44.2 Å². The van der Waals surface area contributed by atoms with E-state index in [9.17, 15) is 0 Å². The molecule has 16 heavy (non-hydrogen) atoms.